The highest BCUT2D eigenvalue weighted by Gasteiger charge is 2.26. The molecule has 1 N–H and O–H groups in total. The molecule has 0 unspecified atom stereocenters. The third-order valence-electron chi connectivity index (χ3n) is 3.83. The first kappa shape index (κ1) is 14.7. The van der Waals surface area contributed by atoms with Gasteiger partial charge in [-0.05, 0) is 31.7 Å². The summed E-state index contributed by atoms with van der Waals surface area (Å²) in [4.78, 5) is 16.1. The smallest absolute Gasteiger partial charge is 0.257 e. The van der Waals surface area contributed by atoms with E-state index in [1.165, 1.54) is 4.88 Å². The summed E-state index contributed by atoms with van der Waals surface area (Å²) in [6.07, 6.45) is 1.02. The van der Waals surface area contributed by atoms with Gasteiger partial charge in [-0.15, -0.1) is 11.3 Å². The van der Waals surface area contributed by atoms with Gasteiger partial charge in [-0.3, -0.25) is 9.89 Å². The molecule has 1 fully saturated rings. The van der Waals surface area contributed by atoms with Crippen LogP contribution in [0.5, 0.6) is 0 Å². The molecule has 1 aliphatic rings. The maximum Gasteiger partial charge on any atom is 0.257 e. The van der Waals surface area contributed by atoms with Crippen molar-refractivity contribution < 1.29 is 4.79 Å². The van der Waals surface area contributed by atoms with Crippen LogP contribution in [0.25, 0.3) is 0 Å². The Labute approximate surface area is 132 Å². The molecule has 0 aromatic carbocycles. The van der Waals surface area contributed by atoms with Crippen LogP contribution < -0.4 is 0 Å². The number of hydrogen-bond donors (Lipinski definition) is 1. The van der Waals surface area contributed by atoms with Gasteiger partial charge < -0.3 is 4.90 Å². The van der Waals surface area contributed by atoms with E-state index in [0.29, 0.717) is 5.25 Å². The molecule has 6 heteroatoms. The van der Waals surface area contributed by atoms with Gasteiger partial charge in [0.2, 0.25) is 0 Å². The second kappa shape index (κ2) is 6.23. The molecule has 0 saturated carbocycles. The van der Waals surface area contributed by atoms with Gasteiger partial charge in [0.15, 0.2) is 0 Å². The summed E-state index contributed by atoms with van der Waals surface area (Å²) < 4.78 is 0. The summed E-state index contributed by atoms with van der Waals surface area (Å²) >= 11 is 3.77. The SMILES string of the molecule is Cc1n[nH]c(C)c1C(=O)N1CCS[C@H](c2cccs2)CC1. The Morgan fingerprint density at radius 1 is 1.43 bits per heavy atom. The minimum absolute atomic E-state index is 0.117. The van der Waals surface area contributed by atoms with Crippen molar-refractivity contribution in [2.24, 2.45) is 0 Å². The summed E-state index contributed by atoms with van der Waals surface area (Å²) in [7, 11) is 0. The number of aryl methyl sites for hydroxylation is 2. The third-order valence-corrected chi connectivity index (χ3v) is 6.28. The highest BCUT2D eigenvalue weighted by molar-refractivity contribution is 7.99. The number of amides is 1. The fourth-order valence-electron chi connectivity index (χ4n) is 2.70. The van der Waals surface area contributed by atoms with E-state index in [-0.39, 0.29) is 5.91 Å². The second-order valence-corrected chi connectivity index (χ2v) is 7.55. The molecule has 4 nitrogen and oxygen atoms in total. The topological polar surface area (TPSA) is 49.0 Å². The van der Waals surface area contributed by atoms with E-state index in [1.54, 1.807) is 0 Å². The van der Waals surface area contributed by atoms with Crippen molar-refractivity contribution in [3.63, 3.8) is 0 Å². The fourth-order valence-corrected chi connectivity index (χ4v) is 4.94. The average molecular weight is 321 g/mol. The van der Waals surface area contributed by atoms with Crippen LogP contribution in [0, 0.1) is 13.8 Å². The first-order valence-electron chi connectivity index (χ1n) is 7.12. The zero-order chi connectivity index (χ0) is 14.8. The average Bonchev–Trinajstić information content (AvgIpc) is 3.03. The molecule has 0 bridgehead atoms. The number of H-pyrrole nitrogens is 1. The van der Waals surface area contributed by atoms with Crippen LogP contribution >= 0.6 is 23.1 Å². The monoisotopic (exact) mass is 321 g/mol. The number of thiophene rings is 1. The van der Waals surface area contributed by atoms with E-state index in [1.807, 2.05) is 41.8 Å². The number of nitrogens with zero attached hydrogens (tertiary/aromatic N) is 2. The van der Waals surface area contributed by atoms with Gasteiger partial charge in [-0.25, -0.2) is 0 Å². The van der Waals surface area contributed by atoms with Gasteiger partial charge >= 0.3 is 0 Å². The Morgan fingerprint density at radius 2 is 2.29 bits per heavy atom. The van der Waals surface area contributed by atoms with Gasteiger partial charge in [-0.2, -0.15) is 16.9 Å². The minimum atomic E-state index is 0.117. The molecular formula is C15H19N3OS2. The predicted molar refractivity (Wildman–Crippen MR) is 88.1 cm³/mol. The largest absolute Gasteiger partial charge is 0.338 e. The molecule has 0 radical (unpaired) electrons. The molecule has 3 heterocycles. The molecule has 1 atom stereocenters. The van der Waals surface area contributed by atoms with Crippen LogP contribution in [0.3, 0.4) is 0 Å². The molecule has 0 aliphatic carbocycles. The maximum atomic E-state index is 12.7. The molecule has 3 rings (SSSR count). The van der Waals surface area contributed by atoms with Crippen LogP contribution in [0.2, 0.25) is 0 Å². The summed E-state index contributed by atoms with van der Waals surface area (Å²) in [5.74, 6) is 1.11. The van der Waals surface area contributed by atoms with Crippen molar-refractivity contribution in [1.29, 1.82) is 0 Å². The van der Waals surface area contributed by atoms with E-state index in [4.69, 9.17) is 0 Å². The van der Waals surface area contributed by atoms with E-state index in [9.17, 15) is 4.79 Å². The predicted octanol–water partition coefficient (Wildman–Crippen LogP) is 3.41. The zero-order valence-corrected chi connectivity index (χ0v) is 13.9. The van der Waals surface area contributed by atoms with Crippen LogP contribution in [0.4, 0.5) is 0 Å². The molecule has 1 saturated heterocycles. The second-order valence-electron chi connectivity index (χ2n) is 5.26. The van der Waals surface area contributed by atoms with Gasteiger partial charge in [0, 0.05) is 34.7 Å². The number of aromatic amines is 1. The number of thioether (sulfide) groups is 1. The lowest BCUT2D eigenvalue weighted by Crippen LogP contribution is -2.33. The number of nitrogens with one attached hydrogen (secondary N) is 1. The summed E-state index contributed by atoms with van der Waals surface area (Å²) in [6.45, 7) is 5.43. The molecule has 0 spiro atoms. The van der Waals surface area contributed by atoms with Crippen molar-refractivity contribution in [3.8, 4) is 0 Å². The van der Waals surface area contributed by atoms with Crippen molar-refractivity contribution in [1.82, 2.24) is 15.1 Å². The van der Waals surface area contributed by atoms with Crippen molar-refractivity contribution >= 4 is 29.0 Å². The molecule has 1 amide bonds. The van der Waals surface area contributed by atoms with Gasteiger partial charge in [0.1, 0.15) is 0 Å². The van der Waals surface area contributed by atoms with Crippen LogP contribution in [-0.4, -0.2) is 39.8 Å². The van der Waals surface area contributed by atoms with Gasteiger partial charge in [0.25, 0.3) is 5.91 Å². The Balaban J connectivity index is 1.72. The van der Waals surface area contributed by atoms with E-state index >= 15 is 0 Å². The Morgan fingerprint density at radius 3 is 2.95 bits per heavy atom. The van der Waals surface area contributed by atoms with E-state index in [0.717, 1.165) is 42.2 Å². The van der Waals surface area contributed by atoms with Crippen molar-refractivity contribution in [3.05, 3.63) is 39.3 Å². The Hall–Kier alpha value is -1.27. The fraction of sp³-hybridized carbons (Fsp3) is 0.467. The van der Waals surface area contributed by atoms with Gasteiger partial charge in [0.05, 0.1) is 11.3 Å². The molecule has 21 heavy (non-hydrogen) atoms. The lowest BCUT2D eigenvalue weighted by molar-refractivity contribution is 0.0765. The molecule has 112 valence electrons. The molecule has 2 aromatic rings. The van der Waals surface area contributed by atoms with Gasteiger partial charge in [-0.1, -0.05) is 6.07 Å². The normalized spacial score (nSPS) is 19.5. The zero-order valence-electron chi connectivity index (χ0n) is 12.3. The van der Waals surface area contributed by atoms with E-state index < -0.39 is 0 Å². The standard InChI is InChI=1S/C15H19N3OS2/c1-10-14(11(2)17-16-10)15(19)18-6-5-13(21-9-7-18)12-4-3-8-20-12/h3-4,8,13H,5-7,9H2,1-2H3,(H,16,17)/t13-/m0/s1. The van der Waals surface area contributed by atoms with E-state index in [2.05, 4.69) is 27.7 Å². The summed E-state index contributed by atoms with van der Waals surface area (Å²) in [5, 5.41) is 9.69. The number of carbonyl (C=O) groups is 1. The number of hydrogen-bond acceptors (Lipinski definition) is 4. The highest BCUT2D eigenvalue weighted by Crippen LogP contribution is 2.37. The quantitative estimate of drug-likeness (QED) is 0.922. The van der Waals surface area contributed by atoms with Crippen LogP contribution in [0.1, 0.15) is 38.3 Å². The number of aromatic nitrogens is 2. The minimum Gasteiger partial charge on any atom is -0.338 e. The first-order chi connectivity index (χ1) is 10.2. The highest BCUT2D eigenvalue weighted by atomic mass is 32.2. The Bertz CT molecular complexity index is 601. The van der Waals surface area contributed by atoms with Crippen LogP contribution in [-0.2, 0) is 0 Å². The first-order valence-corrected chi connectivity index (χ1v) is 9.05. The molecule has 1 aliphatic heterocycles. The molecule has 2 aromatic heterocycles. The lowest BCUT2D eigenvalue weighted by atomic mass is 10.1. The number of rotatable bonds is 2. The molecular weight excluding hydrogens is 302 g/mol. The van der Waals surface area contributed by atoms with Crippen molar-refractivity contribution in [2.75, 3.05) is 18.8 Å². The maximum absolute atomic E-state index is 12.7. The number of carbonyl (C=O) groups excluding carboxylic acids is 1. The lowest BCUT2D eigenvalue weighted by Gasteiger charge is -2.20. The Kier molecular flexibility index (Phi) is 4.35. The third kappa shape index (κ3) is 3.01. The van der Waals surface area contributed by atoms with Crippen LogP contribution in [0.15, 0.2) is 17.5 Å². The van der Waals surface area contributed by atoms with Crippen molar-refractivity contribution in [2.45, 2.75) is 25.5 Å². The summed E-state index contributed by atoms with van der Waals surface area (Å²) in [6, 6.07) is 4.30. The summed E-state index contributed by atoms with van der Waals surface area (Å²) in [5.41, 5.74) is 2.41.